The molecule has 0 heterocycles. The first-order valence-electron chi connectivity index (χ1n) is 7.70. The monoisotopic (exact) mass is 319 g/mol. The zero-order chi connectivity index (χ0) is 17.0. The number of hydrogen-bond acceptors (Lipinski definition) is 2. The van der Waals surface area contributed by atoms with Crippen molar-refractivity contribution >= 4 is 0 Å². The van der Waals surface area contributed by atoms with Gasteiger partial charge in [0.15, 0.2) is 0 Å². The number of halogens is 2. The molecule has 2 nitrogen and oxygen atoms in total. The van der Waals surface area contributed by atoms with E-state index >= 15 is 0 Å². The van der Waals surface area contributed by atoms with E-state index in [1.54, 1.807) is 0 Å². The molecule has 2 N–H and O–H groups in total. The highest BCUT2D eigenvalue weighted by atomic mass is 19.1. The number of nitrogens with one attached hydrogen (secondary N) is 1. The smallest absolute Gasteiger partial charge is 0.131 e. The van der Waals surface area contributed by atoms with Gasteiger partial charge in [-0.1, -0.05) is 51.1 Å². The van der Waals surface area contributed by atoms with Gasteiger partial charge in [0.25, 0.3) is 0 Å². The standard InChI is InChI=1S/C19H23F2NO/c1-19(2,3)14-6-4-13(5-7-14)11-22-12-18(23)16-9-8-15(20)10-17(16)21/h4-10,18,22-23H,11-12H2,1-3H3/t18-/m0/s1. The van der Waals surface area contributed by atoms with E-state index in [4.69, 9.17) is 0 Å². The Morgan fingerprint density at radius 2 is 1.70 bits per heavy atom. The fourth-order valence-electron chi connectivity index (χ4n) is 2.36. The van der Waals surface area contributed by atoms with Crippen molar-refractivity contribution in [2.75, 3.05) is 6.54 Å². The van der Waals surface area contributed by atoms with Crippen molar-refractivity contribution < 1.29 is 13.9 Å². The van der Waals surface area contributed by atoms with Crippen molar-refractivity contribution in [1.82, 2.24) is 5.32 Å². The van der Waals surface area contributed by atoms with Crippen molar-refractivity contribution in [2.45, 2.75) is 38.8 Å². The molecule has 0 saturated carbocycles. The summed E-state index contributed by atoms with van der Waals surface area (Å²) < 4.78 is 26.4. The lowest BCUT2D eigenvalue weighted by atomic mass is 9.87. The lowest BCUT2D eigenvalue weighted by Gasteiger charge is -2.19. The minimum absolute atomic E-state index is 0.0991. The molecule has 2 rings (SSSR count). The first-order chi connectivity index (χ1) is 10.8. The van der Waals surface area contributed by atoms with Gasteiger partial charge in [0.2, 0.25) is 0 Å². The van der Waals surface area contributed by atoms with Crippen LogP contribution in [-0.4, -0.2) is 11.7 Å². The quantitative estimate of drug-likeness (QED) is 0.870. The topological polar surface area (TPSA) is 32.3 Å². The summed E-state index contributed by atoms with van der Waals surface area (Å²) in [6.45, 7) is 7.25. The summed E-state index contributed by atoms with van der Waals surface area (Å²) in [5.41, 5.74) is 2.56. The SMILES string of the molecule is CC(C)(C)c1ccc(CNC[C@H](O)c2ccc(F)cc2F)cc1. The molecule has 0 bridgehead atoms. The van der Waals surface area contributed by atoms with Gasteiger partial charge < -0.3 is 10.4 Å². The Labute approximate surface area is 136 Å². The number of aliphatic hydroxyl groups is 1. The van der Waals surface area contributed by atoms with Crippen LogP contribution < -0.4 is 5.32 Å². The molecule has 0 saturated heterocycles. The van der Waals surface area contributed by atoms with Crippen LogP contribution in [0.15, 0.2) is 42.5 Å². The van der Waals surface area contributed by atoms with Gasteiger partial charge in [-0.2, -0.15) is 0 Å². The van der Waals surface area contributed by atoms with Crippen LogP contribution in [0.1, 0.15) is 43.6 Å². The zero-order valence-electron chi connectivity index (χ0n) is 13.7. The summed E-state index contributed by atoms with van der Waals surface area (Å²) in [6, 6.07) is 11.5. The van der Waals surface area contributed by atoms with Crippen LogP contribution >= 0.6 is 0 Å². The van der Waals surface area contributed by atoms with E-state index in [0.29, 0.717) is 6.54 Å². The van der Waals surface area contributed by atoms with Crippen molar-refractivity contribution in [3.05, 3.63) is 70.8 Å². The van der Waals surface area contributed by atoms with E-state index in [1.807, 2.05) is 12.1 Å². The van der Waals surface area contributed by atoms with Crippen LogP contribution in [0.4, 0.5) is 8.78 Å². The number of hydrogen-bond donors (Lipinski definition) is 2. The Morgan fingerprint density at radius 1 is 1.04 bits per heavy atom. The summed E-state index contributed by atoms with van der Waals surface area (Å²) in [4.78, 5) is 0. The Morgan fingerprint density at radius 3 is 2.26 bits per heavy atom. The molecule has 2 aromatic rings. The summed E-state index contributed by atoms with van der Waals surface area (Å²) in [7, 11) is 0. The lowest BCUT2D eigenvalue weighted by molar-refractivity contribution is 0.169. The summed E-state index contributed by atoms with van der Waals surface area (Å²) in [5.74, 6) is -1.38. The molecule has 4 heteroatoms. The van der Waals surface area contributed by atoms with E-state index in [0.717, 1.165) is 17.7 Å². The van der Waals surface area contributed by atoms with Gasteiger partial charge in [0, 0.05) is 24.7 Å². The molecule has 2 aromatic carbocycles. The number of aliphatic hydroxyl groups excluding tert-OH is 1. The molecular weight excluding hydrogens is 296 g/mol. The second kappa shape index (κ2) is 7.20. The van der Waals surface area contributed by atoms with Crippen LogP contribution in [0, 0.1) is 11.6 Å². The van der Waals surface area contributed by atoms with Crippen LogP contribution in [0.2, 0.25) is 0 Å². The maximum Gasteiger partial charge on any atom is 0.131 e. The van der Waals surface area contributed by atoms with Crippen LogP contribution in [-0.2, 0) is 12.0 Å². The molecule has 0 unspecified atom stereocenters. The fraction of sp³-hybridized carbons (Fsp3) is 0.368. The normalized spacial score (nSPS) is 13.1. The highest BCUT2D eigenvalue weighted by Gasteiger charge is 2.14. The molecular formula is C19H23F2NO. The Kier molecular flexibility index (Phi) is 5.50. The number of rotatable bonds is 5. The highest BCUT2D eigenvalue weighted by molar-refractivity contribution is 5.27. The van der Waals surface area contributed by atoms with E-state index in [-0.39, 0.29) is 17.5 Å². The lowest BCUT2D eigenvalue weighted by Crippen LogP contribution is -2.22. The third kappa shape index (κ3) is 4.85. The van der Waals surface area contributed by atoms with E-state index in [1.165, 1.54) is 11.6 Å². The van der Waals surface area contributed by atoms with Gasteiger partial charge in [0.05, 0.1) is 6.10 Å². The predicted molar refractivity (Wildman–Crippen MR) is 88.2 cm³/mol. The molecule has 0 aromatic heterocycles. The molecule has 124 valence electrons. The molecule has 0 fully saturated rings. The van der Waals surface area contributed by atoms with Gasteiger partial charge in [-0.3, -0.25) is 0 Å². The molecule has 0 radical (unpaired) electrons. The molecule has 0 aliphatic heterocycles. The summed E-state index contributed by atoms with van der Waals surface area (Å²) >= 11 is 0. The van der Waals surface area contributed by atoms with Crippen molar-refractivity contribution in [1.29, 1.82) is 0 Å². The fourth-order valence-corrected chi connectivity index (χ4v) is 2.36. The van der Waals surface area contributed by atoms with Crippen LogP contribution in [0.3, 0.4) is 0 Å². The molecule has 0 amide bonds. The van der Waals surface area contributed by atoms with E-state index < -0.39 is 17.7 Å². The zero-order valence-corrected chi connectivity index (χ0v) is 13.7. The predicted octanol–water partition coefficient (Wildman–Crippen LogP) is 4.09. The Balaban J connectivity index is 1.89. The molecule has 0 aliphatic carbocycles. The third-order valence-corrected chi connectivity index (χ3v) is 3.81. The largest absolute Gasteiger partial charge is 0.387 e. The number of benzene rings is 2. The molecule has 23 heavy (non-hydrogen) atoms. The first kappa shape index (κ1) is 17.6. The van der Waals surface area contributed by atoms with Crippen molar-refractivity contribution in [3.63, 3.8) is 0 Å². The van der Waals surface area contributed by atoms with Gasteiger partial charge >= 0.3 is 0 Å². The van der Waals surface area contributed by atoms with E-state index in [9.17, 15) is 13.9 Å². The molecule has 1 atom stereocenters. The van der Waals surface area contributed by atoms with Gasteiger partial charge in [-0.15, -0.1) is 0 Å². The average Bonchev–Trinajstić information content (AvgIpc) is 2.46. The summed E-state index contributed by atoms with van der Waals surface area (Å²) in [6.07, 6.45) is -1.01. The van der Waals surface area contributed by atoms with Crippen molar-refractivity contribution in [3.8, 4) is 0 Å². The minimum atomic E-state index is -1.01. The maximum absolute atomic E-state index is 13.6. The van der Waals surface area contributed by atoms with Crippen LogP contribution in [0.5, 0.6) is 0 Å². The Hall–Kier alpha value is -1.78. The third-order valence-electron chi connectivity index (χ3n) is 3.81. The molecule has 0 aliphatic rings. The minimum Gasteiger partial charge on any atom is -0.387 e. The summed E-state index contributed by atoms with van der Waals surface area (Å²) in [5, 5.41) is 13.1. The second-order valence-electron chi connectivity index (χ2n) is 6.76. The van der Waals surface area contributed by atoms with Crippen molar-refractivity contribution in [2.24, 2.45) is 0 Å². The highest BCUT2D eigenvalue weighted by Crippen LogP contribution is 2.22. The molecule has 0 spiro atoms. The Bertz CT molecular complexity index is 647. The van der Waals surface area contributed by atoms with E-state index in [2.05, 4.69) is 38.2 Å². The van der Waals surface area contributed by atoms with Gasteiger partial charge in [0.1, 0.15) is 11.6 Å². The second-order valence-corrected chi connectivity index (χ2v) is 6.76. The first-order valence-corrected chi connectivity index (χ1v) is 7.70. The van der Waals surface area contributed by atoms with Gasteiger partial charge in [-0.25, -0.2) is 8.78 Å². The maximum atomic E-state index is 13.6. The van der Waals surface area contributed by atoms with Gasteiger partial charge in [-0.05, 0) is 22.6 Å². The average molecular weight is 319 g/mol. The van der Waals surface area contributed by atoms with Crippen LogP contribution in [0.25, 0.3) is 0 Å².